The topological polar surface area (TPSA) is 72.8 Å². The van der Waals surface area contributed by atoms with Crippen LogP contribution in [0, 0.1) is 10.8 Å². The van der Waals surface area contributed by atoms with E-state index < -0.39 is 16.4 Å². The van der Waals surface area contributed by atoms with Gasteiger partial charge in [0, 0.05) is 16.7 Å². The minimum absolute atomic E-state index is 0.157. The molecule has 0 spiro atoms. The quantitative estimate of drug-likeness (QED) is 0.180. The molecule has 5 nitrogen and oxygen atoms in total. The number of fused-ring (bicyclic) bond motifs is 3. The van der Waals surface area contributed by atoms with Crippen LogP contribution in [-0.2, 0) is 19.9 Å². The highest BCUT2D eigenvalue weighted by molar-refractivity contribution is 5.85. The van der Waals surface area contributed by atoms with Crippen LogP contribution in [0.4, 0.5) is 0 Å². The van der Waals surface area contributed by atoms with E-state index in [1.807, 2.05) is 96.1 Å². The Morgan fingerprint density at radius 1 is 0.643 bits per heavy atom. The summed E-state index contributed by atoms with van der Waals surface area (Å²) in [5.41, 5.74) is 3.33. The molecule has 0 unspecified atom stereocenters. The number of phenols is 1. The standard InChI is InChI=1S/C25H24O2.C12H16O3/c1-4-24(2,3)23(26)27-25(18-12-6-5-7-13-18)21-16-10-8-14-19(21)20-15-9-11-17-22(20)25;1-4-12(2,3)11(14)15-10-7-5-9(13)6-8-10/h5-17H,4H2,1-3H3;5-8,13H,4H2,1-3H3. The zero-order valence-corrected chi connectivity index (χ0v) is 25.3. The second kappa shape index (κ2) is 12.2. The molecule has 4 aromatic rings. The van der Waals surface area contributed by atoms with E-state index in [-0.39, 0.29) is 17.7 Å². The van der Waals surface area contributed by atoms with Crippen LogP contribution < -0.4 is 4.74 Å². The summed E-state index contributed by atoms with van der Waals surface area (Å²) in [6.07, 6.45) is 1.45. The summed E-state index contributed by atoms with van der Waals surface area (Å²) in [7, 11) is 0. The third-order valence-electron chi connectivity index (χ3n) is 8.25. The van der Waals surface area contributed by atoms with Gasteiger partial charge in [-0.25, -0.2) is 0 Å². The number of ether oxygens (including phenoxy) is 2. The van der Waals surface area contributed by atoms with Crippen molar-refractivity contribution in [3.63, 3.8) is 0 Å². The molecule has 218 valence electrons. The molecule has 1 aliphatic carbocycles. The Hall–Kier alpha value is -4.38. The molecule has 1 N–H and O–H groups in total. The fourth-order valence-corrected chi connectivity index (χ4v) is 4.67. The molecule has 1 aliphatic rings. The smallest absolute Gasteiger partial charge is 0.316 e. The Morgan fingerprint density at radius 3 is 1.60 bits per heavy atom. The maximum absolute atomic E-state index is 13.2. The van der Waals surface area contributed by atoms with Crippen molar-refractivity contribution in [1.82, 2.24) is 0 Å². The van der Waals surface area contributed by atoms with Crippen LogP contribution in [0.1, 0.15) is 71.1 Å². The lowest BCUT2D eigenvalue weighted by atomic mass is 9.83. The van der Waals surface area contributed by atoms with Crippen molar-refractivity contribution in [2.45, 2.75) is 60.0 Å². The average molecular weight is 565 g/mol. The summed E-state index contributed by atoms with van der Waals surface area (Å²) in [4.78, 5) is 24.9. The lowest BCUT2D eigenvalue weighted by Crippen LogP contribution is -2.38. The molecule has 0 saturated carbocycles. The second-order valence-electron chi connectivity index (χ2n) is 11.9. The molecule has 4 aromatic carbocycles. The predicted octanol–water partition coefficient (Wildman–Crippen LogP) is 8.67. The van der Waals surface area contributed by atoms with Crippen molar-refractivity contribution in [1.29, 1.82) is 0 Å². The Morgan fingerprint density at radius 2 is 1.10 bits per heavy atom. The van der Waals surface area contributed by atoms with E-state index in [0.29, 0.717) is 5.75 Å². The monoisotopic (exact) mass is 564 g/mol. The number of carbonyl (C=O) groups excluding carboxylic acids is 2. The number of aromatic hydroxyl groups is 1. The molecule has 0 heterocycles. The number of carbonyl (C=O) groups is 2. The predicted molar refractivity (Wildman–Crippen MR) is 166 cm³/mol. The van der Waals surface area contributed by atoms with Gasteiger partial charge in [0.25, 0.3) is 0 Å². The summed E-state index contributed by atoms with van der Waals surface area (Å²) < 4.78 is 11.6. The first-order chi connectivity index (χ1) is 20.0. The summed E-state index contributed by atoms with van der Waals surface area (Å²) in [5.74, 6) is 0.180. The van der Waals surface area contributed by atoms with Gasteiger partial charge in [-0.1, -0.05) is 92.7 Å². The van der Waals surface area contributed by atoms with Crippen LogP contribution in [0.15, 0.2) is 103 Å². The highest BCUT2D eigenvalue weighted by atomic mass is 16.6. The largest absolute Gasteiger partial charge is 0.508 e. The number of hydrogen-bond acceptors (Lipinski definition) is 5. The number of benzene rings is 4. The summed E-state index contributed by atoms with van der Waals surface area (Å²) in [6, 6.07) is 32.7. The van der Waals surface area contributed by atoms with Gasteiger partial charge in [0.05, 0.1) is 10.8 Å². The van der Waals surface area contributed by atoms with Gasteiger partial charge < -0.3 is 14.6 Å². The van der Waals surface area contributed by atoms with E-state index in [1.54, 1.807) is 12.1 Å². The maximum Gasteiger partial charge on any atom is 0.316 e. The minimum Gasteiger partial charge on any atom is -0.508 e. The van der Waals surface area contributed by atoms with Crippen LogP contribution in [0.25, 0.3) is 11.1 Å². The molecule has 5 heteroatoms. The number of phenolic OH excluding ortho intramolecular Hbond substituents is 1. The Balaban J connectivity index is 0.000000230. The molecular weight excluding hydrogens is 524 g/mol. The van der Waals surface area contributed by atoms with Gasteiger partial charge in [-0.3, -0.25) is 9.59 Å². The van der Waals surface area contributed by atoms with Crippen molar-refractivity contribution in [2.75, 3.05) is 0 Å². The zero-order chi connectivity index (χ0) is 30.5. The highest BCUT2D eigenvalue weighted by Gasteiger charge is 2.49. The Kier molecular flexibility index (Phi) is 8.91. The van der Waals surface area contributed by atoms with Gasteiger partial charge >= 0.3 is 11.9 Å². The first-order valence-corrected chi connectivity index (χ1v) is 14.5. The van der Waals surface area contributed by atoms with Gasteiger partial charge in [0.15, 0.2) is 5.60 Å². The van der Waals surface area contributed by atoms with E-state index >= 15 is 0 Å². The molecule has 0 radical (unpaired) electrons. The van der Waals surface area contributed by atoms with Crippen molar-refractivity contribution in [3.8, 4) is 22.6 Å². The molecule has 0 atom stereocenters. The van der Waals surface area contributed by atoms with E-state index in [0.717, 1.165) is 40.7 Å². The number of hydrogen-bond donors (Lipinski definition) is 1. The van der Waals surface area contributed by atoms with Gasteiger partial charge in [0.2, 0.25) is 0 Å². The highest BCUT2D eigenvalue weighted by Crippen LogP contribution is 2.53. The van der Waals surface area contributed by atoms with Gasteiger partial charge in [-0.15, -0.1) is 0 Å². The number of rotatable bonds is 7. The third-order valence-corrected chi connectivity index (χ3v) is 8.25. The summed E-state index contributed by atoms with van der Waals surface area (Å²) >= 11 is 0. The summed E-state index contributed by atoms with van der Waals surface area (Å²) in [6.45, 7) is 11.5. The van der Waals surface area contributed by atoms with Crippen LogP contribution in [0.5, 0.6) is 11.5 Å². The van der Waals surface area contributed by atoms with Gasteiger partial charge in [0.1, 0.15) is 11.5 Å². The molecule has 0 saturated heterocycles. The molecule has 5 rings (SSSR count). The van der Waals surface area contributed by atoms with Crippen molar-refractivity contribution < 1.29 is 24.2 Å². The van der Waals surface area contributed by atoms with E-state index in [9.17, 15) is 9.59 Å². The van der Waals surface area contributed by atoms with E-state index in [4.69, 9.17) is 14.6 Å². The molecule has 0 amide bonds. The lowest BCUT2D eigenvalue weighted by Gasteiger charge is -2.35. The zero-order valence-electron chi connectivity index (χ0n) is 25.3. The fraction of sp³-hybridized carbons (Fsp3) is 0.297. The second-order valence-corrected chi connectivity index (χ2v) is 11.9. The lowest BCUT2D eigenvalue weighted by molar-refractivity contribution is -0.164. The van der Waals surface area contributed by atoms with E-state index in [1.165, 1.54) is 12.1 Å². The van der Waals surface area contributed by atoms with Gasteiger partial charge in [-0.05, 0) is 75.9 Å². The van der Waals surface area contributed by atoms with Gasteiger partial charge in [-0.2, -0.15) is 0 Å². The van der Waals surface area contributed by atoms with Crippen LogP contribution in [0.3, 0.4) is 0 Å². The van der Waals surface area contributed by atoms with Crippen LogP contribution in [-0.4, -0.2) is 17.0 Å². The number of esters is 2. The minimum atomic E-state index is -0.919. The first kappa shape index (κ1) is 30.6. The van der Waals surface area contributed by atoms with Crippen molar-refractivity contribution >= 4 is 11.9 Å². The van der Waals surface area contributed by atoms with Crippen molar-refractivity contribution in [3.05, 3.63) is 120 Å². The Labute approximate surface area is 249 Å². The van der Waals surface area contributed by atoms with Crippen LogP contribution in [0.2, 0.25) is 0 Å². The molecule has 0 bridgehead atoms. The first-order valence-electron chi connectivity index (χ1n) is 14.5. The molecule has 0 aliphatic heterocycles. The maximum atomic E-state index is 13.2. The summed E-state index contributed by atoms with van der Waals surface area (Å²) in [5, 5.41) is 9.06. The Bertz CT molecular complexity index is 1490. The fourth-order valence-electron chi connectivity index (χ4n) is 4.67. The van der Waals surface area contributed by atoms with Crippen LogP contribution >= 0.6 is 0 Å². The van der Waals surface area contributed by atoms with E-state index in [2.05, 4.69) is 24.3 Å². The normalized spacial score (nSPS) is 13.2. The van der Waals surface area contributed by atoms with Crippen molar-refractivity contribution in [2.24, 2.45) is 10.8 Å². The molecular formula is C37H40O5. The SMILES string of the molecule is CCC(C)(C)C(=O)OC1(c2ccccc2)c2ccccc2-c2ccccc21.CCC(C)(C)C(=O)Oc1ccc(O)cc1. The molecule has 0 aromatic heterocycles. The molecule has 0 fully saturated rings. The molecule has 42 heavy (non-hydrogen) atoms. The average Bonchev–Trinajstić information content (AvgIpc) is 3.29. The third kappa shape index (κ3) is 5.96.